The van der Waals surface area contributed by atoms with Gasteiger partial charge in [0.25, 0.3) is 5.91 Å². The lowest BCUT2D eigenvalue weighted by Crippen LogP contribution is -2.24. The van der Waals surface area contributed by atoms with E-state index in [-0.39, 0.29) is 5.57 Å². The molecule has 4 nitrogen and oxygen atoms in total. The number of rotatable bonds is 5. The lowest BCUT2D eigenvalue weighted by molar-refractivity contribution is -0.117. The van der Waals surface area contributed by atoms with E-state index in [1.807, 2.05) is 44.2 Å². The van der Waals surface area contributed by atoms with Gasteiger partial charge >= 0.3 is 0 Å². The largest absolute Gasteiger partial charge is 0.359 e. The van der Waals surface area contributed by atoms with Crippen molar-refractivity contribution in [1.82, 2.24) is 5.32 Å². The minimum atomic E-state index is -0.467. The molecule has 0 saturated heterocycles. The molecule has 2 N–H and O–H groups in total. The molecule has 0 unspecified atom stereocenters. The highest BCUT2D eigenvalue weighted by Gasteiger charge is 2.10. The van der Waals surface area contributed by atoms with Crippen LogP contribution in [0.15, 0.2) is 48.2 Å². The maximum Gasteiger partial charge on any atom is 0.263 e. The number of nitrogens with zero attached hydrogens (tertiary/aromatic N) is 1. The average Bonchev–Trinajstić information content (AvgIpc) is 2.56. The lowest BCUT2D eigenvalue weighted by atomic mass is 10.1. The van der Waals surface area contributed by atoms with Crippen LogP contribution in [0.4, 0.5) is 5.69 Å². The molecule has 0 heterocycles. The van der Waals surface area contributed by atoms with E-state index in [9.17, 15) is 10.1 Å². The van der Waals surface area contributed by atoms with Crippen molar-refractivity contribution >= 4 is 34.8 Å². The van der Waals surface area contributed by atoms with Gasteiger partial charge in [0.2, 0.25) is 0 Å². The summed E-state index contributed by atoms with van der Waals surface area (Å²) in [5, 5.41) is 16.0. The van der Waals surface area contributed by atoms with Crippen LogP contribution < -0.4 is 10.6 Å². The van der Waals surface area contributed by atoms with E-state index in [2.05, 4.69) is 10.6 Å². The number of aryl methyl sites for hydroxylation is 2. The molecule has 2 aromatic carbocycles. The fourth-order valence-corrected chi connectivity index (χ4v) is 2.77. The predicted octanol–water partition coefficient (Wildman–Crippen LogP) is 4.75. The molecule has 0 fully saturated rings. The molecule has 0 bridgehead atoms. The van der Waals surface area contributed by atoms with E-state index < -0.39 is 5.91 Å². The number of carbonyl (C=O) groups excluding carboxylic acids is 1. The second-order valence-corrected chi connectivity index (χ2v) is 6.41. The van der Waals surface area contributed by atoms with Crippen molar-refractivity contribution in [2.75, 3.05) is 5.32 Å². The highest BCUT2D eigenvalue weighted by molar-refractivity contribution is 6.33. The van der Waals surface area contributed by atoms with E-state index in [1.54, 1.807) is 12.1 Å². The summed E-state index contributed by atoms with van der Waals surface area (Å²) in [6.07, 6.45) is 1.36. The molecular formula is C19H17Cl2N3O. The summed E-state index contributed by atoms with van der Waals surface area (Å²) in [5.74, 6) is -0.467. The summed E-state index contributed by atoms with van der Waals surface area (Å²) < 4.78 is 0. The Morgan fingerprint density at radius 2 is 1.88 bits per heavy atom. The van der Waals surface area contributed by atoms with Crippen LogP contribution in [0.25, 0.3) is 0 Å². The van der Waals surface area contributed by atoms with Crippen LogP contribution in [-0.4, -0.2) is 5.91 Å². The SMILES string of the molecule is Cc1cc(C)c(N/C=C(/C#N)C(=O)NCc2ccc(Cl)cc2)c(Cl)c1. The Bertz CT molecular complexity index is 829. The standard InChI is InChI=1S/C19H17Cl2N3O/c1-12-7-13(2)18(17(21)8-12)23-11-15(9-22)19(25)24-10-14-3-5-16(20)6-4-14/h3-8,11,23H,10H2,1-2H3,(H,24,25)/b15-11-. The van der Waals surface area contributed by atoms with Crippen molar-refractivity contribution in [3.8, 4) is 6.07 Å². The number of halogens is 2. The molecule has 2 rings (SSSR count). The van der Waals surface area contributed by atoms with E-state index in [0.29, 0.717) is 22.3 Å². The maximum absolute atomic E-state index is 12.2. The van der Waals surface area contributed by atoms with Gasteiger partial charge < -0.3 is 10.6 Å². The van der Waals surface area contributed by atoms with Crippen LogP contribution in [0, 0.1) is 25.2 Å². The fraction of sp³-hybridized carbons (Fsp3) is 0.158. The lowest BCUT2D eigenvalue weighted by Gasteiger charge is -2.10. The number of amides is 1. The van der Waals surface area contributed by atoms with E-state index >= 15 is 0 Å². The molecular weight excluding hydrogens is 357 g/mol. The molecule has 128 valence electrons. The van der Waals surface area contributed by atoms with Gasteiger partial charge in [-0.2, -0.15) is 5.26 Å². The first-order chi connectivity index (χ1) is 11.9. The van der Waals surface area contributed by atoms with Crippen LogP contribution in [0.5, 0.6) is 0 Å². The van der Waals surface area contributed by atoms with Gasteiger partial charge in [-0.1, -0.05) is 41.4 Å². The van der Waals surface area contributed by atoms with Crippen molar-refractivity contribution in [3.05, 3.63) is 74.9 Å². The normalized spacial score (nSPS) is 10.9. The van der Waals surface area contributed by atoms with Crippen molar-refractivity contribution in [2.24, 2.45) is 0 Å². The fourth-order valence-electron chi connectivity index (χ4n) is 2.27. The first kappa shape index (κ1) is 18.9. The zero-order valence-corrected chi connectivity index (χ0v) is 15.4. The second-order valence-electron chi connectivity index (χ2n) is 5.56. The van der Waals surface area contributed by atoms with Crippen LogP contribution in [0.3, 0.4) is 0 Å². The number of hydrogen-bond acceptors (Lipinski definition) is 3. The predicted molar refractivity (Wildman–Crippen MR) is 102 cm³/mol. The highest BCUT2D eigenvalue weighted by atomic mass is 35.5. The number of benzene rings is 2. The van der Waals surface area contributed by atoms with Gasteiger partial charge in [0.05, 0.1) is 10.7 Å². The number of nitriles is 1. The number of hydrogen-bond donors (Lipinski definition) is 2. The summed E-state index contributed by atoms with van der Waals surface area (Å²) in [4.78, 5) is 12.2. The molecule has 0 saturated carbocycles. The minimum absolute atomic E-state index is 0.0370. The smallest absolute Gasteiger partial charge is 0.263 e. The third-order valence-electron chi connectivity index (χ3n) is 3.52. The van der Waals surface area contributed by atoms with Crippen molar-refractivity contribution in [1.29, 1.82) is 5.26 Å². The highest BCUT2D eigenvalue weighted by Crippen LogP contribution is 2.27. The number of anilines is 1. The number of carbonyl (C=O) groups is 1. The third kappa shape index (κ3) is 5.25. The molecule has 2 aromatic rings. The molecule has 25 heavy (non-hydrogen) atoms. The van der Waals surface area contributed by atoms with Gasteiger partial charge in [0.15, 0.2) is 0 Å². The van der Waals surface area contributed by atoms with E-state index in [0.717, 1.165) is 16.7 Å². The molecule has 0 spiro atoms. The Kier molecular flexibility index (Phi) is 6.46. The van der Waals surface area contributed by atoms with E-state index in [4.69, 9.17) is 23.2 Å². The Balaban J connectivity index is 2.06. The topological polar surface area (TPSA) is 64.9 Å². The molecule has 0 aliphatic carbocycles. The molecule has 0 aromatic heterocycles. The molecule has 0 radical (unpaired) electrons. The van der Waals surface area contributed by atoms with Crippen LogP contribution in [0.1, 0.15) is 16.7 Å². The van der Waals surface area contributed by atoms with Crippen LogP contribution in [-0.2, 0) is 11.3 Å². The zero-order valence-electron chi connectivity index (χ0n) is 13.9. The van der Waals surface area contributed by atoms with Gasteiger partial charge in [-0.05, 0) is 48.7 Å². The minimum Gasteiger partial charge on any atom is -0.359 e. The van der Waals surface area contributed by atoms with E-state index in [1.165, 1.54) is 6.20 Å². The summed E-state index contributed by atoms with van der Waals surface area (Å²) in [7, 11) is 0. The Hall–Kier alpha value is -2.48. The van der Waals surface area contributed by atoms with Crippen molar-refractivity contribution < 1.29 is 4.79 Å². The van der Waals surface area contributed by atoms with Crippen molar-refractivity contribution in [3.63, 3.8) is 0 Å². The van der Waals surface area contributed by atoms with Gasteiger partial charge in [0, 0.05) is 17.8 Å². The van der Waals surface area contributed by atoms with Gasteiger partial charge in [-0.25, -0.2) is 0 Å². The molecule has 1 amide bonds. The van der Waals surface area contributed by atoms with Gasteiger partial charge in [-0.15, -0.1) is 0 Å². The van der Waals surface area contributed by atoms with Gasteiger partial charge in [-0.3, -0.25) is 4.79 Å². The van der Waals surface area contributed by atoms with Crippen molar-refractivity contribution in [2.45, 2.75) is 20.4 Å². The average molecular weight is 374 g/mol. The summed E-state index contributed by atoms with van der Waals surface area (Å²) in [6, 6.07) is 12.8. The van der Waals surface area contributed by atoms with Gasteiger partial charge in [0.1, 0.15) is 11.6 Å². The monoisotopic (exact) mass is 373 g/mol. The Morgan fingerprint density at radius 3 is 2.48 bits per heavy atom. The number of nitrogens with one attached hydrogen (secondary N) is 2. The second kappa shape index (κ2) is 8.57. The quantitative estimate of drug-likeness (QED) is 0.587. The maximum atomic E-state index is 12.2. The molecule has 6 heteroatoms. The summed E-state index contributed by atoms with van der Waals surface area (Å²) in [5.41, 5.74) is 3.49. The zero-order chi connectivity index (χ0) is 18.4. The Morgan fingerprint density at radius 1 is 1.20 bits per heavy atom. The third-order valence-corrected chi connectivity index (χ3v) is 4.07. The summed E-state index contributed by atoms with van der Waals surface area (Å²) in [6.45, 7) is 4.16. The molecule has 0 atom stereocenters. The summed E-state index contributed by atoms with van der Waals surface area (Å²) >= 11 is 12.0. The van der Waals surface area contributed by atoms with Crippen LogP contribution in [0.2, 0.25) is 10.0 Å². The molecule has 0 aliphatic rings. The first-order valence-electron chi connectivity index (χ1n) is 7.57. The Labute approximate surface area is 157 Å². The van der Waals surface area contributed by atoms with Crippen LogP contribution >= 0.6 is 23.2 Å². The molecule has 0 aliphatic heterocycles. The first-order valence-corrected chi connectivity index (χ1v) is 8.32.